The molecule has 0 amide bonds. The van der Waals surface area contributed by atoms with Crippen molar-refractivity contribution in [3.05, 3.63) is 17.5 Å². The van der Waals surface area contributed by atoms with Crippen LogP contribution in [-0.2, 0) is 24.8 Å². The molecule has 0 spiro atoms. The molecule has 1 unspecified atom stereocenters. The van der Waals surface area contributed by atoms with Gasteiger partial charge in [0, 0.05) is 52.0 Å². The second kappa shape index (κ2) is 6.87. The van der Waals surface area contributed by atoms with Gasteiger partial charge in [0.2, 0.25) is 0 Å². The number of rotatable bonds is 8. The topological polar surface area (TPSA) is 59.3 Å². The van der Waals surface area contributed by atoms with E-state index in [4.69, 9.17) is 4.74 Å². The van der Waals surface area contributed by atoms with Crippen LogP contribution in [0.3, 0.4) is 0 Å². The van der Waals surface area contributed by atoms with E-state index in [1.807, 2.05) is 24.9 Å². The largest absolute Gasteiger partial charge is 0.389 e. The molecule has 1 rings (SSSR count). The van der Waals surface area contributed by atoms with Crippen molar-refractivity contribution in [2.24, 2.45) is 7.05 Å². The van der Waals surface area contributed by atoms with Crippen molar-refractivity contribution in [2.45, 2.75) is 38.8 Å². The minimum Gasteiger partial charge on any atom is -0.389 e. The molecule has 0 fully saturated rings. The summed E-state index contributed by atoms with van der Waals surface area (Å²) in [6.07, 6.45) is 3.58. The summed E-state index contributed by atoms with van der Waals surface area (Å²) in [4.78, 5) is 0. The SMILES string of the molecule is CCc1nn(C)cc1CNCC(C)(O)CCOC. The summed E-state index contributed by atoms with van der Waals surface area (Å²) in [5, 5.41) is 17.8. The Labute approximate surface area is 109 Å². The molecule has 0 saturated heterocycles. The first-order valence-corrected chi connectivity index (χ1v) is 6.42. The van der Waals surface area contributed by atoms with Gasteiger partial charge in [-0.15, -0.1) is 0 Å². The van der Waals surface area contributed by atoms with Crippen molar-refractivity contribution in [3.63, 3.8) is 0 Å². The van der Waals surface area contributed by atoms with Gasteiger partial charge in [0.1, 0.15) is 0 Å². The van der Waals surface area contributed by atoms with Crippen molar-refractivity contribution in [3.8, 4) is 0 Å². The molecular formula is C13H25N3O2. The van der Waals surface area contributed by atoms with Gasteiger partial charge < -0.3 is 15.2 Å². The first-order valence-electron chi connectivity index (χ1n) is 6.42. The van der Waals surface area contributed by atoms with Crippen LogP contribution in [0.1, 0.15) is 31.5 Å². The Hall–Kier alpha value is -0.910. The summed E-state index contributed by atoms with van der Waals surface area (Å²) >= 11 is 0. The predicted octanol–water partition coefficient (Wildman–Crippen LogP) is 0.860. The van der Waals surface area contributed by atoms with E-state index in [0.29, 0.717) is 19.6 Å². The van der Waals surface area contributed by atoms with Crippen LogP contribution in [0.2, 0.25) is 0 Å². The predicted molar refractivity (Wildman–Crippen MR) is 71.4 cm³/mol. The molecule has 5 nitrogen and oxygen atoms in total. The van der Waals surface area contributed by atoms with E-state index < -0.39 is 5.60 Å². The third-order valence-corrected chi connectivity index (χ3v) is 2.99. The van der Waals surface area contributed by atoms with Crippen LogP contribution in [0.5, 0.6) is 0 Å². The Morgan fingerprint density at radius 1 is 1.56 bits per heavy atom. The highest BCUT2D eigenvalue weighted by Crippen LogP contribution is 2.10. The summed E-state index contributed by atoms with van der Waals surface area (Å²) in [5.41, 5.74) is 1.58. The van der Waals surface area contributed by atoms with Crippen LogP contribution in [0.4, 0.5) is 0 Å². The first-order chi connectivity index (χ1) is 8.48. The standard InChI is InChI=1S/C13H25N3O2/c1-5-12-11(9-16(3)15-12)8-14-10-13(2,17)6-7-18-4/h9,14,17H,5-8,10H2,1-4H3. The summed E-state index contributed by atoms with van der Waals surface area (Å²) in [5.74, 6) is 0. The maximum atomic E-state index is 10.1. The van der Waals surface area contributed by atoms with Crippen LogP contribution in [0, 0.1) is 0 Å². The molecule has 0 aliphatic heterocycles. The van der Waals surface area contributed by atoms with Gasteiger partial charge in [0.25, 0.3) is 0 Å². The molecule has 0 aliphatic rings. The molecule has 1 aromatic heterocycles. The fourth-order valence-corrected chi connectivity index (χ4v) is 1.91. The van der Waals surface area contributed by atoms with E-state index in [1.54, 1.807) is 7.11 Å². The Kier molecular flexibility index (Phi) is 5.78. The second-order valence-corrected chi connectivity index (χ2v) is 4.97. The highest BCUT2D eigenvalue weighted by atomic mass is 16.5. The first kappa shape index (κ1) is 15.1. The average molecular weight is 255 g/mol. The minimum atomic E-state index is -0.732. The maximum Gasteiger partial charge on any atom is 0.0765 e. The number of aliphatic hydroxyl groups is 1. The lowest BCUT2D eigenvalue weighted by molar-refractivity contribution is 0.0247. The van der Waals surface area contributed by atoms with Crippen LogP contribution in [-0.4, -0.2) is 40.7 Å². The zero-order valence-corrected chi connectivity index (χ0v) is 11.9. The summed E-state index contributed by atoms with van der Waals surface area (Å²) in [6.45, 7) is 5.78. The number of hydrogen-bond acceptors (Lipinski definition) is 4. The molecule has 1 heterocycles. The molecule has 0 aromatic carbocycles. The average Bonchev–Trinajstić information content (AvgIpc) is 2.67. The van der Waals surface area contributed by atoms with Crippen LogP contribution in [0.25, 0.3) is 0 Å². The zero-order valence-electron chi connectivity index (χ0n) is 11.9. The molecule has 104 valence electrons. The van der Waals surface area contributed by atoms with E-state index >= 15 is 0 Å². The minimum absolute atomic E-state index is 0.550. The quantitative estimate of drug-likeness (QED) is 0.723. The number of aromatic nitrogens is 2. The lowest BCUT2D eigenvalue weighted by Crippen LogP contribution is -2.38. The van der Waals surface area contributed by atoms with E-state index in [9.17, 15) is 5.11 Å². The van der Waals surface area contributed by atoms with Gasteiger partial charge >= 0.3 is 0 Å². The number of aryl methyl sites for hydroxylation is 2. The Balaban J connectivity index is 2.40. The van der Waals surface area contributed by atoms with Crippen molar-refractivity contribution < 1.29 is 9.84 Å². The molecule has 1 atom stereocenters. The Morgan fingerprint density at radius 2 is 2.28 bits per heavy atom. The van der Waals surface area contributed by atoms with Gasteiger partial charge in [0.05, 0.1) is 11.3 Å². The molecular weight excluding hydrogens is 230 g/mol. The molecule has 2 N–H and O–H groups in total. The third-order valence-electron chi connectivity index (χ3n) is 2.99. The molecule has 0 radical (unpaired) electrons. The van der Waals surface area contributed by atoms with Gasteiger partial charge in [-0.05, 0) is 13.3 Å². The molecule has 1 aromatic rings. The lowest BCUT2D eigenvalue weighted by atomic mass is 10.0. The number of hydrogen-bond donors (Lipinski definition) is 2. The summed E-state index contributed by atoms with van der Waals surface area (Å²) in [7, 11) is 3.57. The van der Waals surface area contributed by atoms with E-state index in [0.717, 1.165) is 18.7 Å². The van der Waals surface area contributed by atoms with Crippen LogP contribution < -0.4 is 5.32 Å². The van der Waals surface area contributed by atoms with Crippen molar-refractivity contribution >= 4 is 0 Å². The van der Waals surface area contributed by atoms with Crippen molar-refractivity contribution in [1.29, 1.82) is 0 Å². The molecule has 5 heteroatoms. The summed E-state index contributed by atoms with van der Waals surface area (Å²) in [6, 6.07) is 0. The Morgan fingerprint density at radius 3 is 2.89 bits per heavy atom. The van der Waals surface area contributed by atoms with Gasteiger partial charge in [-0.1, -0.05) is 6.92 Å². The monoisotopic (exact) mass is 255 g/mol. The lowest BCUT2D eigenvalue weighted by Gasteiger charge is -2.23. The van der Waals surface area contributed by atoms with Gasteiger partial charge in [-0.25, -0.2) is 0 Å². The maximum absolute atomic E-state index is 10.1. The van der Waals surface area contributed by atoms with E-state index in [-0.39, 0.29) is 0 Å². The smallest absolute Gasteiger partial charge is 0.0765 e. The van der Waals surface area contributed by atoms with Crippen LogP contribution in [0.15, 0.2) is 6.20 Å². The fraction of sp³-hybridized carbons (Fsp3) is 0.769. The highest BCUT2D eigenvalue weighted by Gasteiger charge is 2.19. The van der Waals surface area contributed by atoms with E-state index in [1.165, 1.54) is 5.56 Å². The second-order valence-electron chi connectivity index (χ2n) is 4.97. The third kappa shape index (κ3) is 4.76. The van der Waals surface area contributed by atoms with Crippen molar-refractivity contribution in [1.82, 2.24) is 15.1 Å². The van der Waals surface area contributed by atoms with Gasteiger partial charge in [-0.3, -0.25) is 4.68 Å². The van der Waals surface area contributed by atoms with Gasteiger partial charge in [0.15, 0.2) is 0 Å². The van der Waals surface area contributed by atoms with Crippen molar-refractivity contribution in [2.75, 3.05) is 20.3 Å². The summed E-state index contributed by atoms with van der Waals surface area (Å²) < 4.78 is 6.81. The number of nitrogens with one attached hydrogen (secondary N) is 1. The molecule has 0 bridgehead atoms. The molecule has 0 saturated carbocycles. The van der Waals surface area contributed by atoms with Crippen LogP contribution >= 0.6 is 0 Å². The van der Waals surface area contributed by atoms with Gasteiger partial charge in [-0.2, -0.15) is 5.10 Å². The Bertz CT molecular complexity index is 361. The fourth-order valence-electron chi connectivity index (χ4n) is 1.91. The normalized spacial score (nSPS) is 14.7. The number of methoxy groups -OCH3 is 1. The molecule has 18 heavy (non-hydrogen) atoms. The molecule has 0 aliphatic carbocycles. The number of nitrogens with zero attached hydrogens (tertiary/aromatic N) is 2. The van der Waals surface area contributed by atoms with E-state index in [2.05, 4.69) is 17.3 Å². The zero-order chi connectivity index (χ0) is 13.6. The highest BCUT2D eigenvalue weighted by molar-refractivity contribution is 5.16. The number of ether oxygens (including phenoxy) is 1.